The molecule has 0 saturated heterocycles. The first kappa shape index (κ1) is 12.3. The average molecular weight is 252 g/mol. The van der Waals surface area contributed by atoms with Crippen molar-refractivity contribution in [1.29, 1.82) is 0 Å². The highest BCUT2D eigenvalue weighted by Gasteiger charge is 2.11. The van der Waals surface area contributed by atoms with Gasteiger partial charge in [-0.1, -0.05) is 0 Å². The van der Waals surface area contributed by atoms with E-state index in [0.29, 0.717) is 24.5 Å². The van der Waals surface area contributed by atoms with Gasteiger partial charge >= 0.3 is 0 Å². The van der Waals surface area contributed by atoms with Crippen molar-refractivity contribution >= 4 is 27.4 Å². The molecule has 0 atom stereocenters. The average Bonchev–Trinajstić information content (AvgIpc) is 2.51. The summed E-state index contributed by atoms with van der Waals surface area (Å²) in [6.45, 7) is 0. The molecule has 1 aromatic heterocycles. The van der Waals surface area contributed by atoms with Gasteiger partial charge in [-0.15, -0.1) is 11.6 Å². The SMILES string of the molecule is Cn1nccc1NS(=O)(=O)CCCCCl. The van der Waals surface area contributed by atoms with E-state index in [1.165, 1.54) is 10.9 Å². The van der Waals surface area contributed by atoms with Crippen molar-refractivity contribution in [3.05, 3.63) is 12.3 Å². The molecule has 0 aliphatic carbocycles. The highest BCUT2D eigenvalue weighted by Crippen LogP contribution is 2.07. The fraction of sp³-hybridized carbons (Fsp3) is 0.625. The Morgan fingerprint density at radius 3 is 2.80 bits per heavy atom. The number of halogens is 1. The van der Waals surface area contributed by atoms with Gasteiger partial charge in [0.25, 0.3) is 0 Å². The Bertz CT molecular complexity index is 402. The fourth-order valence-corrected chi connectivity index (χ4v) is 2.47. The number of sulfonamides is 1. The molecule has 0 radical (unpaired) electrons. The van der Waals surface area contributed by atoms with E-state index in [9.17, 15) is 8.42 Å². The van der Waals surface area contributed by atoms with E-state index >= 15 is 0 Å². The number of aryl methyl sites for hydroxylation is 1. The first-order valence-corrected chi connectivity index (χ1v) is 6.78. The van der Waals surface area contributed by atoms with Crippen molar-refractivity contribution in [2.24, 2.45) is 7.05 Å². The van der Waals surface area contributed by atoms with Crippen LogP contribution in [-0.4, -0.2) is 29.8 Å². The lowest BCUT2D eigenvalue weighted by atomic mass is 10.4. The van der Waals surface area contributed by atoms with Crippen molar-refractivity contribution < 1.29 is 8.42 Å². The fourth-order valence-electron chi connectivity index (χ4n) is 1.07. The summed E-state index contributed by atoms with van der Waals surface area (Å²) < 4.78 is 27.0. The minimum absolute atomic E-state index is 0.0882. The Morgan fingerprint density at radius 1 is 1.53 bits per heavy atom. The molecular formula is C8H14ClN3O2S. The largest absolute Gasteiger partial charge is 0.268 e. The molecule has 1 N–H and O–H groups in total. The van der Waals surface area contributed by atoms with Crippen LogP contribution in [0.3, 0.4) is 0 Å². The van der Waals surface area contributed by atoms with Crippen LogP contribution in [0.4, 0.5) is 5.82 Å². The normalized spacial score (nSPS) is 11.6. The molecule has 0 saturated carbocycles. The van der Waals surface area contributed by atoms with Crippen LogP contribution in [-0.2, 0) is 17.1 Å². The summed E-state index contributed by atoms with van der Waals surface area (Å²) in [6, 6.07) is 1.61. The molecular weight excluding hydrogens is 238 g/mol. The maximum atomic E-state index is 11.5. The second-order valence-electron chi connectivity index (χ2n) is 3.16. The molecule has 7 heteroatoms. The van der Waals surface area contributed by atoms with Crippen molar-refractivity contribution in [1.82, 2.24) is 9.78 Å². The maximum absolute atomic E-state index is 11.5. The number of alkyl halides is 1. The third-order valence-electron chi connectivity index (χ3n) is 1.88. The molecule has 0 amide bonds. The van der Waals surface area contributed by atoms with Gasteiger partial charge in [0.05, 0.1) is 11.9 Å². The minimum Gasteiger partial charge on any atom is -0.268 e. The molecule has 0 spiro atoms. The van der Waals surface area contributed by atoms with Crippen LogP contribution in [0.25, 0.3) is 0 Å². The van der Waals surface area contributed by atoms with Gasteiger partial charge in [-0.3, -0.25) is 9.40 Å². The van der Waals surface area contributed by atoms with Gasteiger partial charge < -0.3 is 0 Å². The van der Waals surface area contributed by atoms with E-state index in [1.54, 1.807) is 13.1 Å². The molecule has 0 bridgehead atoms. The van der Waals surface area contributed by atoms with Crippen LogP contribution in [0.1, 0.15) is 12.8 Å². The number of aromatic nitrogens is 2. The first-order chi connectivity index (χ1) is 7.05. The lowest BCUT2D eigenvalue weighted by Crippen LogP contribution is -2.18. The predicted octanol–water partition coefficient (Wildman–Crippen LogP) is 1.18. The Morgan fingerprint density at radius 2 is 2.27 bits per heavy atom. The van der Waals surface area contributed by atoms with Crippen molar-refractivity contribution in [3.8, 4) is 0 Å². The number of hydrogen-bond donors (Lipinski definition) is 1. The standard InChI is InChI=1S/C8H14ClN3O2S/c1-12-8(4-6-10-12)11-15(13,14)7-3-2-5-9/h4,6,11H,2-3,5,7H2,1H3. The van der Waals surface area contributed by atoms with Gasteiger partial charge in [0.15, 0.2) is 0 Å². The van der Waals surface area contributed by atoms with Crippen LogP contribution in [0.5, 0.6) is 0 Å². The second-order valence-corrected chi connectivity index (χ2v) is 5.38. The van der Waals surface area contributed by atoms with E-state index in [4.69, 9.17) is 11.6 Å². The molecule has 0 aliphatic rings. The van der Waals surface area contributed by atoms with Gasteiger partial charge in [0.1, 0.15) is 5.82 Å². The quantitative estimate of drug-likeness (QED) is 0.610. The predicted molar refractivity (Wildman–Crippen MR) is 60.6 cm³/mol. The minimum atomic E-state index is -3.27. The van der Waals surface area contributed by atoms with Crippen molar-refractivity contribution in [3.63, 3.8) is 0 Å². The smallest absolute Gasteiger partial charge is 0.233 e. The van der Waals surface area contributed by atoms with Gasteiger partial charge in [-0.2, -0.15) is 5.10 Å². The number of anilines is 1. The van der Waals surface area contributed by atoms with Crippen LogP contribution < -0.4 is 4.72 Å². The number of unbranched alkanes of at least 4 members (excludes halogenated alkanes) is 1. The zero-order valence-electron chi connectivity index (χ0n) is 8.48. The Kier molecular flexibility index (Phi) is 4.41. The molecule has 0 fully saturated rings. The van der Waals surface area contributed by atoms with Crippen LogP contribution in [0.2, 0.25) is 0 Å². The van der Waals surface area contributed by atoms with Crippen LogP contribution in [0, 0.1) is 0 Å². The molecule has 15 heavy (non-hydrogen) atoms. The molecule has 0 unspecified atom stereocenters. The van der Waals surface area contributed by atoms with Gasteiger partial charge in [-0.05, 0) is 12.8 Å². The van der Waals surface area contributed by atoms with E-state index < -0.39 is 10.0 Å². The van der Waals surface area contributed by atoms with E-state index in [2.05, 4.69) is 9.82 Å². The molecule has 5 nitrogen and oxygen atoms in total. The van der Waals surface area contributed by atoms with Crippen molar-refractivity contribution in [2.45, 2.75) is 12.8 Å². The summed E-state index contributed by atoms with van der Waals surface area (Å²) >= 11 is 5.47. The second kappa shape index (κ2) is 5.37. The highest BCUT2D eigenvalue weighted by molar-refractivity contribution is 7.92. The molecule has 1 aromatic rings. The topological polar surface area (TPSA) is 64.0 Å². The Labute approximate surface area is 94.5 Å². The van der Waals surface area contributed by atoms with Crippen molar-refractivity contribution in [2.75, 3.05) is 16.4 Å². The third kappa shape index (κ3) is 4.09. The lowest BCUT2D eigenvalue weighted by molar-refractivity contribution is 0.597. The summed E-state index contributed by atoms with van der Waals surface area (Å²) in [6.07, 6.45) is 2.81. The lowest BCUT2D eigenvalue weighted by Gasteiger charge is -2.06. The monoisotopic (exact) mass is 251 g/mol. The van der Waals surface area contributed by atoms with E-state index in [0.717, 1.165) is 0 Å². The summed E-state index contributed by atoms with van der Waals surface area (Å²) in [4.78, 5) is 0. The molecule has 86 valence electrons. The van der Waals surface area contributed by atoms with E-state index in [1.807, 2.05) is 0 Å². The zero-order chi connectivity index (χ0) is 11.3. The summed E-state index contributed by atoms with van der Waals surface area (Å²) in [5.41, 5.74) is 0. The van der Waals surface area contributed by atoms with Gasteiger partial charge in [0, 0.05) is 19.0 Å². The molecule has 0 aromatic carbocycles. The Hall–Kier alpha value is -0.750. The van der Waals surface area contributed by atoms with Gasteiger partial charge in [-0.25, -0.2) is 8.42 Å². The number of rotatable bonds is 6. The highest BCUT2D eigenvalue weighted by atomic mass is 35.5. The number of hydrogen-bond acceptors (Lipinski definition) is 3. The first-order valence-electron chi connectivity index (χ1n) is 4.59. The number of nitrogens with zero attached hydrogens (tertiary/aromatic N) is 2. The van der Waals surface area contributed by atoms with Crippen LogP contribution in [0.15, 0.2) is 12.3 Å². The van der Waals surface area contributed by atoms with Crippen LogP contribution >= 0.6 is 11.6 Å². The number of nitrogens with one attached hydrogen (secondary N) is 1. The summed E-state index contributed by atoms with van der Waals surface area (Å²) in [5, 5.41) is 3.87. The molecule has 1 rings (SSSR count). The maximum Gasteiger partial charge on any atom is 0.233 e. The van der Waals surface area contributed by atoms with Gasteiger partial charge in [0.2, 0.25) is 10.0 Å². The zero-order valence-corrected chi connectivity index (χ0v) is 10.1. The molecule has 1 heterocycles. The Balaban J connectivity index is 2.53. The summed E-state index contributed by atoms with van der Waals surface area (Å²) in [5.74, 6) is 1.05. The summed E-state index contributed by atoms with van der Waals surface area (Å²) in [7, 11) is -1.59. The van der Waals surface area contributed by atoms with E-state index in [-0.39, 0.29) is 5.75 Å². The molecule has 0 aliphatic heterocycles. The third-order valence-corrected chi connectivity index (χ3v) is 3.49.